The van der Waals surface area contributed by atoms with Crippen molar-refractivity contribution in [2.24, 2.45) is 0 Å². The van der Waals surface area contributed by atoms with Gasteiger partial charge >= 0.3 is 5.97 Å². The number of hydrogen-bond donors (Lipinski definition) is 2. The molecule has 0 spiro atoms. The van der Waals surface area contributed by atoms with Gasteiger partial charge in [-0.2, -0.15) is 0 Å². The van der Waals surface area contributed by atoms with Crippen molar-refractivity contribution in [1.82, 2.24) is 4.98 Å². The van der Waals surface area contributed by atoms with Crippen LogP contribution in [-0.4, -0.2) is 32.5 Å². The number of aliphatic hydroxyl groups is 1. The summed E-state index contributed by atoms with van der Waals surface area (Å²) in [5.74, 6) is -1.04. The lowest BCUT2D eigenvalue weighted by atomic mass is 10.1. The van der Waals surface area contributed by atoms with E-state index in [9.17, 15) is 9.90 Å². The van der Waals surface area contributed by atoms with Gasteiger partial charge in [0.25, 0.3) is 0 Å². The molecule has 2 rings (SSSR count). The Morgan fingerprint density at radius 2 is 2.00 bits per heavy atom. The van der Waals surface area contributed by atoms with Crippen LogP contribution in [0.5, 0.6) is 0 Å². The van der Waals surface area contributed by atoms with Gasteiger partial charge in [-0.05, 0) is 18.4 Å². The molecule has 0 fully saturated rings. The number of carboxylic acids is 1. The van der Waals surface area contributed by atoms with E-state index < -0.39 is 12.1 Å². The smallest absolute Gasteiger partial charge is 0.354 e. The van der Waals surface area contributed by atoms with Crippen molar-refractivity contribution in [3.8, 4) is 0 Å². The minimum atomic E-state index is -1.04. The lowest BCUT2D eigenvalue weighted by Crippen LogP contribution is -2.15. The molecule has 2 atom stereocenters. The van der Waals surface area contributed by atoms with Crippen LogP contribution in [0.15, 0.2) is 35.4 Å². The Kier molecular flexibility index (Phi) is 4.07. The van der Waals surface area contributed by atoms with E-state index >= 15 is 0 Å². The molecule has 100 valence electrons. The fourth-order valence-electron chi connectivity index (χ4n) is 1.64. The summed E-state index contributed by atoms with van der Waals surface area (Å²) in [6, 6.07) is 9.09. The monoisotopic (exact) mass is 277 g/mol. The number of fused-ring (bicyclic) bond motifs is 1. The van der Waals surface area contributed by atoms with E-state index in [4.69, 9.17) is 5.11 Å². The molecule has 2 unspecified atom stereocenters. The van der Waals surface area contributed by atoms with Crippen molar-refractivity contribution in [2.75, 3.05) is 0 Å². The highest BCUT2D eigenvalue weighted by atomic mass is 32.2. The van der Waals surface area contributed by atoms with Gasteiger partial charge in [-0.3, -0.25) is 0 Å². The third kappa shape index (κ3) is 3.05. The maximum absolute atomic E-state index is 11.1. The molecule has 1 aromatic carbocycles. The third-order valence-electron chi connectivity index (χ3n) is 2.90. The van der Waals surface area contributed by atoms with Crippen LogP contribution >= 0.6 is 11.8 Å². The first-order valence-electron chi connectivity index (χ1n) is 5.97. The average Bonchev–Trinajstić information content (AvgIpc) is 2.38. The second kappa shape index (κ2) is 5.59. The van der Waals surface area contributed by atoms with Crippen molar-refractivity contribution < 1.29 is 15.0 Å². The van der Waals surface area contributed by atoms with E-state index in [-0.39, 0.29) is 10.9 Å². The van der Waals surface area contributed by atoms with Gasteiger partial charge in [0.2, 0.25) is 0 Å². The van der Waals surface area contributed by atoms with Crippen molar-refractivity contribution in [3.63, 3.8) is 0 Å². The van der Waals surface area contributed by atoms with E-state index in [0.717, 1.165) is 10.8 Å². The number of aliphatic hydroxyl groups excluding tert-OH is 1. The number of carboxylic acid groups (broad SMARTS) is 1. The zero-order valence-electron chi connectivity index (χ0n) is 10.7. The number of aromatic nitrogens is 1. The molecule has 0 bridgehead atoms. The Morgan fingerprint density at radius 1 is 1.32 bits per heavy atom. The van der Waals surface area contributed by atoms with Crippen LogP contribution in [0.25, 0.3) is 10.8 Å². The minimum absolute atomic E-state index is 0.0268. The Hall–Kier alpha value is -1.59. The quantitative estimate of drug-likeness (QED) is 0.841. The minimum Gasteiger partial charge on any atom is -0.477 e. The Labute approximate surface area is 115 Å². The van der Waals surface area contributed by atoms with Crippen LogP contribution in [0.4, 0.5) is 0 Å². The summed E-state index contributed by atoms with van der Waals surface area (Å²) >= 11 is 1.39. The number of nitrogens with zero attached hydrogens (tertiary/aromatic N) is 1. The summed E-state index contributed by atoms with van der Waals surface area (Å²) in [5.41, 5.74) is 0.0268. The summed E-state index contributed by atoms with van der Waals surface area (Å²) < 4.78 is 0. The summed E-state index contributed by atoms with van der Waals surface area (Å²) in [6.45, 7) is 3.60. The topological polar surface area (TPSA) is 70.4 Å². The lowest BCUT2D eigenvalue weighted by molar-refractivity contribution is 0.0690. The molecule has 0 amide bonds. The molecule has 0 aliphatic heterocycles. The molecule has 1 heterocycles. The van der Waals surface area contributed by atoms with E-state index in [2.05, 4.69) is 4.98 Å². The second-order valence-corrected chi connectivity index (χ2v) is 5.77. The third-order valence-corrected chi connectivity index (χ3v) is 4.20. The maximum Gasteiger partial charge on any atom is 0.354 e. The van der Waals surface area contributed by atoms with Crippen LogP contribution < -0.4 is 0 Å². The highest BCUT2D eigenvalue weighted by Gasteiger charge is 2.16. The molecule has 5 heteroatoms. The second-order valence-electron chi connectivity index (χ2n) is 4.40. The largest absolute Gasteiger partial charge is 0.477 e. The van der Waals surface area contributed by atoms with Crippen LogP contribution in [-0.2, 0) is 0 Å². The standard InChI is InChI=1S/C14H15NO3S/c1-8(16)9(2)19-13-11-6-4-3-5-10(11)7-12(15-13)14(17)18/h3-9,16H,1-2H3,(H,17,18). The number of hydrogen-bond acceptors (Lipinski definition) is 4. The molecular formula is C14H15NO3S. The summed E-state index contributed by atoms with van der Waals surface area (Å²) in [5, 5.41) is 21.0. The van der Waals surface area contributed by atoms with Crippen LogP contribution in [0.2, 0.25) is 0 Å². The SMILES string of the molecule is CC(O)C(C)Sc1nc(C(=O)O)cc2ccccc12. The summed E-state index contributed by atoms with van der Waals surface area (Å²) in [6.07, 6.45) is -0.487. The first-order chi connectivity index (χ1) is 8.99. The highest BCUT2D eigenvalue weighted by molar-refractivity contribution is 8.00. The molecule has 0 radical (unpaired) electrons. The molecule has 2 N–H and O–H groups in total. The van der Waals surface area contributed by atoms with Gasteiger partial charge in [-0.15, -0.1) is 0 Å². The molecule has 0 aliphatic carbocycles. The molecule has 4 nitrogen and oxygen atoms in total. The van der Waals surface area contributed by atoms with E-state index in [1.54, 1.807) is 13.0 Å². The predicted molar refractivity (Wildman–Crippen MR) is 75.7 cm³/mol. The molecule has 0 aliphatic rings. The van der Waals surface area contributed by atoms with Crippen LogP contribution in [0.3, 0.4) is 0 Å². The molecule has 0 saturated carbocycles. The van der Waals surface area contributed by atoms with Crippen molar-refractivity contribution in [3.05, 3.63) is 36.0 Å². The Bertz CT molecular complexity index is 613. The van der Waals surface area contributed by atoms with Gasteiger partial charge in [0, 0.05) is 10.6 Å². The van der Waals surface area contributed by atoms with Gasteiger partial charge < -0.3 is 10.2 Å². The summed E-state index contributed by atoms with van der Waals surface area (Å²) in [7, 11) is 0. The molecule has 0 saturated heterocycles. The van der Waals surface area contributed by atoms with E-state index in [1.165, 1.54) is 11.8 Å². The first kappa shape index (κ1) is 13.8. The van der Waals surface area contributed by atoms with Gasteiger partial charge in [0.1, 0.15) is 10.7 Å². The number of pyridine rings is 1. The van der Waals surface area contributed by atoms with Gasteiger partial charge in [0.05, 0.1) is 6.10 Å². The number of rotatable bonds is 4. The van der Waals surface area contributed by atoms with Gasteiger partial charge in [-0.1, -0.05) is 43.0 Å². The van der Waals surface area contributed by atoms with Gasteiger partial charge in [0.15, 0.2) is 0 Å². The lowest BCUT2D eigenvalue weighted by Gasteiger charge is -2.15. The maximum atomic E-state index is 11.1. The number of benzene rings is 1. The van der Waals surface area contributed by atoms with Crippen LogP contribution in [0, 0.1) is 0 Å². The average molecular weight is 277 g/mol. The fourth-order valence-corrected chi connectivity index (χ4v) is 2.65. The number of thioether (sulfide) groups is 1. The van der Waals surface area contributed by atoms with Crippen molar-refractivity contribution in [1.29, 1.82) is 0 Å². The zero-order valence-corrected chi connectivity index (χ0v) is 11.5. The fraction of sp³-hybridized carbons (Fsp3) is 0.286. The first-order valence-corrected chi connectivity index (χ1v) is 6.85. The van der Waals surface area contributed by atoms with Crippen LogP contribution in [0.1, 0.15) is 24.3 Å². The summed E-state index contributed by atoms with van der Waals surface area (Å²) in [4.78, 5) is 15.3. The molecule has 2 aromatic rings. The number of carbonyl (C=O) groups is 1. The van der Waals surface area contributed by atoms with Gasteiger partial charge in [-0.25, -0.2) is 9.78 Å². The molecule has 1 aromatic heterocycles. The van der Waals surface area contributed by atoms with E-state index in [1.807, 2.05) is 31.2 Å². The Balaban J connectivity index is 2.53. The predicted octanol–water partition coefficient (Wildman–Crippen LogP) is 2.79. The van der Waals surface area contributed by atoms with E-state index in [0.29, 0.717) is 5.03 Å². The van der Waals surface area contributed by atoms with Crippen molar-refractivity contribution in [2.45, 2.75) is 30.2 Å². The zero-order chi connectivity index (χ0) is 14.0. The number of aromatic carboxylic acids is 1. The molecule has 19 heavy (non-hydrogen) atoms. The molecular weight excluding hydrogens is 262 g/mol. The highest BCUT2D eigenvalue weighted by Crippen LogP contribution is 2.30. The van der Waals surface area contributed by atoms with Crippen molar-refractivity contribution >= 4 is 28.5 Å². The normalized spacial score (nSPS) is 14.3. The Morgan fingerprint density at radius 3 is 2.63 bits per heavy atom.